The zero-order chi connectivity index (χ0) is 29.9. The molecule has 2 saturated heterocycles. The van der Waals surface area contributed by atoms with Gasteiger partial charge in [0.15, 0.2) is 0 Å². The summed E-state index contributed by atoms with van der Waals surface area (Å²) in [6, 6.07) is 4.58. The van der Waals surface area contributed by atoms with Crippen LogP contribution in [0.1, 0.15) is 31.2 Å². The van der Waals surface area contributed by atoms with E-state index in [1.54, 1.807) is 0 Å². The number of halogens is 6. The number of carbonyl (C=O) groups excluding carboxylic acids is 1. The minimum Gasteiger partial charge on any atom is -0.475 e. The third-order valence-electron chi connectivity index (χ3n) is 6.38. The van der Waals surface area contributed by atoms with Crippen LogP contribution in [0.3, 0.4) is 0 Å². The zero-order valence-electron chi connectivity index (χ0n) is 21.4. The molecule has 2 aliphatic heterocycles. The van der Waals surface area contributed by atoms with Gasteiger partial charge in [-0.2, -0.15) is 26.3 Å². The predicted octanol–water partition coefficient (Wildman–Crippen LogP) is 2.97. The Kier molecular flexibility index (Phi) is 12.6. The number of fused-ring (bicyclic) bond motifs is 1. The Labute approximate surface area is 225 Å². The summed E-state index contributed by atoms with van der Waals surface area (Å²) >= 11 is 0. The summed E-state index contributed by atoms with van der Waals surface area (Å²) in [5.74, 6) is -4.89. The van der Waals surface area contributed by atoms with Gasteiger partial charge in [-0.05, 0) is 43.2 Å². The monoisotopic (exact) mass is 587 g/mol. The van der Waals surface area contributed by atoms with Gasteiger partial charge in [0.05, 0.1) is 19.3 Å². The highest BCUT2D eigenvalue weighted by Crippen LogP contribution is 2.35. The minimum atomic E-state index is -5.08. The Hall–Kier alpha value is -2.98. The number of ether oxygens (including phenoxy) is 2. The van der Waals surface area contributed by atoms with Crippen molar-refractivity contribution in [2.24, 2.45) is 5.92 Å². The van der Waals surface area contributed by atoms with Gasteiger partial charge in [-0.3, -0.25) is 14.7 Å². The van der Waals surface area contributed by atoms with E-state index in [0.29, 0.717) is 24.7 Å². The number of rotatable bonds is 6. The number of pyridine rings is 1. The van der Waals surface area contributed by atoms with E-state index in [2.05, 4.69) is 16.0 Å². The Morgan fingerprint density at radius 2 is 1.60 bits per heavy atom. The molecule has 3 aliphatic rings. The van der Waals surface area contributed by atoms with Crippen molar-refractivity contribution in [3.8, 4) is 0 Å². The quantitative estimate of drug-likeness (QED) is 0.483. The third-order valence-corrected chi connectivity index (χ3v) is 6.38. The molecular formula is C24H31F6N3O7. The third kappa shape index (κ3) is 11.3. The second-order valence-corrected chi connectivity index (χ2v) is 9.35. The van der Waals surface area contributed by atoms with Gasteiger partial charge < -0.3 is 24.6 Å². The average Bonchev–Trinajstić information content (AvgIpc) is 3.55. The first kappa shape index (κ1) is 33.2. The number of hydrogen-bond donors (Lipinski definition) is 2. The molecule has 3 fully saturated rings. The van der Waals surface area contributed by atoms with Crippen molar-refractivity contribution in [3.05, 3.63) is 30.1 Å². The second-order valence-electron chi connectivity index (χ2n) is 9.35. The van der Waals surface area contributed by atoms with Crippen LogP contribution in [0, 0.1) is 5.92 Å². The molecule has 3 heterocycles. The molecule has 2 N–H and O–H groups in total. The lowest BCUT2D eigenvalue weighted by Crippen LogP contribution is -2.47. The van der Waals surface area contributed by atoms with E-state index in [-0.39, 0.29) is 12.5 Å². The van der Waals surface area contributed by atoms with Crippen LogP contribution < -0.4 is 0 Å². The Morgan fingerprint density at radius 3 is 2.12 bits per heavy atom. The van der Waals surface area contributed by atoms with Gasteiger partial charge in [-0.15, -0.1) is 0 Å². The molecule has 0 radical (unpaired) electrons. The minimum absolute atomic E-state index is 0.146. The molecule has 10 nitrogen and oxygen atoms in total. The lowest BCUT2D eigenvalue weighted by Gasteiger charge is -2.37. The summed E-state index contributed by atoms with van der Waals surface area (Å²) in [4.78, 5) is 38.6. The van der Waals surface area contributed by atoms with Crippen LogP contribution in [0.25, 0.3) is 0 Å². The molecule has 1 amide bonds. The van der Waals surface area contributed by atoms with Gasteiger partial charge >= 0.3 is 24.3 Å². The first-order valence-electron chi connectivity index (χ1n) is 12.4. The number of carboxylic acid groups (broad SMARTS) is 2. The Morgan fingerprint density at radius 1 is 1.00 bits per heavy atom. The number of aliphatic carboxylic acids is 2. The number of alkyl halides is 6. The molecule has 16 heteroatoms. The van der Waals surface area contributed by atoms with E-state index in [1.807, 2.05) is 23.4 Å². The maximum Gasteiger partial charge on any atom is 0.490 e. The van der Waals surface area contributed by atoms with Crippen molar-refractivity contribution in [3.63, 3.8) is 0 Å². The smallest absolute Gasteiger partial charge is 0.475 e. The second kappa shape index (κ2) is 15.1. The Bertz CT molecular complexity index is 935. The van der Waals surface area contributed by atoms with E-state index in [0.717, 1.165) is 58.5 Å². The summed E-state index contributed by atoms with van der Waals surface area (Å²) in [6.45, 7) is 5.38. The van der Waals surface area contributed by atoms with Gasteiger partial charge in [0.25, 0.3) is 0 Å². The molecule has 0 spiro atoms. The van der Waals surface area contributed by atoms with Crippen LogP contribution in [0.15, 0.2) is 24.5 Å². The van der Waals surface area contributed by atoms with E-state index in [9.17, 15) is 31.1 Å². The molecular weight excluding hydrogens is 556 g/mol. The summed E-state index contributed by atoms with van der Waals surface area (Å²) in [5.41, 5.74) is 1.25. The number of carbonyl (C=O) groups is 3. The summed E-state index contributed by atoms with van der Waals surface area (Å²) < 4.78 is 75.3. The fourth-order valence-electron chi connectivity index (χ4n) is 4.55. The highest BCUT2D eigenvalue weighted by atomic mass is 19.4. The average molecular weight is 588 g/mol. The van der Waals surface area contributed by atoms with Crippen molar-refractivity contribution in [1.82, 2.24) is 14.8 Å². The van der Waals surface area contributed by atoms with Crippen molar-refractivity contribution < 1.29 is 60.4 Å². The molecule has 226 valence electrons. The summed E-state index contributed by atoms with van der Waals surface area (Å²) in [5, 5.41) is 14.2. The summed E-state index contributed by atoms with van der Waals surface area (Å²) in [6.07, 6.45) is -1.73. The van der Waals surface area contributed by atoms with Crippen LogP contribution in [0.4, 0.5) is 26.3 Å². The molecule has 40 heavy (non-hydrogen) atoms. The number of nitrogens with zero attached hydrogens (tertiary/aromatic N) is 3. The van der Waals surface area contributed by atoms with E-state index < -0.39 is 24.3 Å². The lowest BCUT2D eigenvalue weighted by atomic mass is 10.1. The molecule has 0 bridgehead atoms. The molecule has 0 aromatic carbocycles. The Balaban J connectivity index is 0.000000333. The van der Waals surface area contributed by atoms with Crippen LogP contribution in [-0.4, -0.2) is 107 Å². The first-order chi connectivity index (χ1) is 18.7. The highest BCUT2D eigenvalue weighted by Gasteiger charge is 2.41. The number of carboxylic acids is 2. The van der Waals surface area contributed by atoms with Crippen molar-refractivity contribution >= 4 is 17.8 Å². The molecule has 4 rings (SSSR count). The number of likely N-dealkylation sites (tertiary alicyclic amines) is 1. The van der Waals surface area contributed by atoms with Gasteiger partial charge in [-0.1, -0.05) is 6.07 Å². The number of amides is 1. The van der Waals surface area contributed by atoms with Gasteiger partial charge in [0.2, 0.25) is 5.91 Å². The van der Waals surface area contributed by atoms with Crippen molar-refractivity contribution in [2.45, 2.75) is 56.7 Å². The largest absolute Gasteiger partial charge is 0.490 e. The van der Waals surface area contributed by atoms with Crippen LogP contribution >= 0.6 is 0 Å². The summed E-state index contributed by atoms with van der Waals surface area (Å²) in [7, 11) is 0. The van der Waals surface area contributed by atoms with Gasteiger partial charge in [0.1, 0.15) is 6.61 Å². The topological polar surface area (TPSA) is 130 Å². The van der Waals surface area contributed by atoms with Crippen molar-refractivity contribution in [2.75, 3.05) is 39.5 Å². The lowest BCUT2D eigenvalue weighted by molar-refractivity contribution is -0.193. The molecule has 1 saturated carbocycles. The maximum atomic E-state index is 12.1. The van der Waals surface area contributed by atoms with Gasteiger partial charge in [-0.25, -0.2) is 9.59 Å². The van der Waals surface area contributed by atoms with E-state index in [1.165, 1.54) is 5.56 Å². The molecule has 3 atom stereocenters. The highest BCUT2D eigenvalue weighted by molar-refractivity contribution is 5.77. The number of morpholine rings is 1. The first-order valence-corrected chi connectivity index (χ1v) is 12.4. The fourth-order valence-corrected chi connectivity index (χ4v) is 4.55. The zero-order valence-corrected chi connectivity index (χ0v) is 21.4. The normalized spacial score (nSPS) is 22.9. The van der Waals surface area contributed by atoms with Gasteiger partial charge in [0, 0.05) is 44.6 Å². The number of aromatic nitrogens is 1. The standard InChI is InChI=1S/C20H29N3O3.2C2HF3O2/c24-20(22-6-1-2-7-22)15-25-14-17-10-18-19(11-17)26-9-8-23(18)13-16-4-3-5-21-12-16;2*3-2(4,5)1(6)7/h3-5,12,17-19H,1-2,6-11,13-15H2;2*(H,6,7). The van der Waals surface area contributed by atoms with E-state index >= 15 is 0 Å². The van der Waals surface area contributed by atoms with Crippen LogP contribution in [-0.2, 0) is 30.4 Å². The van der Waals surface area contributed by atoms with Crippen LogP contribution in [0.5, 0.6) is 0 Å². The van der Waals surface area contributed by atoms with Crippen molar-refractivity contribution in [1.29, 1.82) is 0 Å². The molecule has 1 aromatic heterocycles. The number of hydrogen-bond acceptors (Lipinski definition) is 7. The predicted molar refractivity (Wildman–Crippen MR) is 125 cm³/mol. The molecule has 1 aliphatic carbocycles. The van der Waals surface area contributed by atoms with E-state index in [4.69, 9.17) is 29.3 Å². The molecule has 1 aromatic rings. The molecule has 3 unspecified atom stereocenters. The maximum absolute atomic E-state index is 12.1. The fraction of sp³-hybridized carbons (Fsp3) is 0.667. The SMILES string of the molecule is O=C(COCC1CC2OCCN(Cc3cccnc3)C2C1)N1CCCC1.O=C(O)C(F)(F)F.O=C(O)C(F)(F)F. The van der Waals surface area contributed by atoms with Crippen LogP contribution in [0.2, 0.25) is 0 Å².